The molecule has 0 bridgehead atoms. The fourth-order valence-corrected chi connectivity index (χ4v) is 3.45. The zero-order valence-electron chi connectivity index (χ0n) is 16.9. The third-order valence-electron chi connectivity index (χ3n) is 4.97. The summed E-state index contributed by atoms with van der Waals surface area (Å²) in [4.78, 5) is 26.5. The normalized spacial score (nSPS) is 11.6. The number of hydrogen-bond donors (Lipinski definition) is 0. The van der Waals surface area contributed by atoms with Crippen molar-refractivity contribution < 1.29 is 13.6 Å². The first kappa shape index (κ1) is 20.7. The van der Waals surface area contributed by atoms with Crippen LogP contribution in [0, 0.1) is 6.92 Å². The second-order valence-corrected chi connectivity index (χ2v) is 7.01. The molecular weight excluding hydrogens is 382 g/mol. The number of fused-ring (bicyclic) bond motifs is 1. The standard InChI is InChI=1S/C19H24F2N6O2/c1-5-27-12(2)17-14(18(20)21)8-16(29)26(19(17)23-27)7-6-15(28)24(3)10-13-9-22-25(4)11-13/h8-9,11,18H,5-7,10H2,1-4H3. The number of carbonyl (C=O) groups is 1. The molecule has 3 aromatic rings. The number of rotatable bonds is 7. The van der Waals surface area contributed by atoms with E-state index in [1.807, 2.05) is 13.1 Å². The smallest absolute Gasteiger partial charge is 0.264 e. The number of amides is 1. The Kier molecular flexibility index (Phi) is 5.81. The highest BCUT2D eigenvalue weighted by molar-refractivity contribution is 5.83. The SMILES string of the molecule is CCn1nc2c(c(C(F)F)cc(=O)n2CCC(=O)N(C)Cc2cnn(C)c2)c1C. The van der Waals surface area contributed by atoms with Gasteiger partial charge in [-0.3, -0.25) is 23.5 Å². The van der Waals surface area contributed by atoms with Crippen molar-refractivity contribution in [2.24, 2.45) is 7.05 Å². The van der Waals surface area contributed by atoms with Crippen molar-refractivity contribution in [2.45, 2.75) is 46.3 Å². The maximum absolute atomic E-state index is 13.5. The molecule has 3 rings (SSSR count). The van der Waals surface area contributed by atoms with Crippen LogP contribution in [0.1, 0.15) is 36.6 Å². The quantitative estimate of drug-likeness (QED) is 0.603. The first-order valence-electron chi connectivity index (χ1n) is 9.33. The van der Waals surface area contributed by atoms with Crippen LogP contribution < -0.4 is 5.56 Å². The Bertz CT molecular complexity index is 1100. The van der Waals surface area contributed by atoms with Crippen LogP contribution in [-0.4, -0.2) is 42.0 Å². The molecule has 0 aromatic carbocycles. The number of alkyl halides is 2. The fourth-order valence-electron chi connectivity index (χ4n) is 3.45. The van der Waals surface area contributed by atoms with E-state index in [1.54, 1.807) is 41.5 Å². The van der Waals surface area contributed by atoms with E-state index < -0.39 is 12.0 Å². The molecule has 0 fully saturated rings. The summed E-state index contributed by atoms with van der Waals surface area (Å²) in [7, 11) is 3.47. The van der Waals surface area contributed by atoms with Crippen LogP contribution in [0.2, 0.25) is 0 Å². The largest absolute Gasteiger partial charge is 0.341 e. The minimum atomic E-state index is -2.78. The lowest BCUT2D eigenvalue weighted by molar-refractivity contribution is -0.130. The van der Waals surface area contributed by atoms with Crippen molar-refractivity contribution in [2.75, 3.05) is 7.05 Å². The second kappa shape index (κ2) is 8.14. The summed E-state index contributed by atoms with van der Waals surface area (Å²) >= 11 is 0. The Labute approximate surface area is 166 Å². The van der Waals surface area contributed by atoms with Crippen LogP contribution in [-0.2, 0) is 31.5 Å². The van der Waals surface area contributed by atoms with Gasteiger partial charge < -0.3 is 4.90 Å². The molecule has 0 radical (unpaired) electrons. The van der Waals surface area contributed by atoms with Gasteiger partial charge in [-0.25, -0.2) is 8.78 Å². The van der Waals surface area contributed by atoms with Gasteiger partial charge in [-0.05, 0) is 13.8 Å². The van der Waals surface area contributed by atoms with Crippen LogP contribution >= 0.6 is 0 Å². The second-order valence-electron chi connectivity index (χ2n) is 7.01. The van der Waals surface area contributed by atoms with E-state index in [2.05, 4.69) is 10.2 Å². The molecule has 0 unspecified atom stereocenters. The van der Waals surface area contributed by atoms with Gasteiger partial charge in [0.1, 0.15) is 0 Å². The average molecular weight is 406 g/mol. The summed E-state index contributed by atoms with van der Waals surface area (Å²) in [5, 5.41) is 8.68. The van der Waals surface area contributed by atoms with Gasteiger partial charge in [0, 0.05) is 74.6 Å². The van der Waals surface area contributed by atoms with Gasteiger partial charge in [0.2, 0.25) is 5.91 Å². The summed E-state index contributed by atoms with van der Waals surface area (Å²) in [5.74, 6) is -0.168. The van der Waals surface area contributed by atoms with E-state index in [4.69, 9.17) is 0 Å². The molecule has 156 valence electrons. The van der Waals surface area contributed by atoms with Crippen molar-refractivity contribution in [3.63, 3.8) is 0 Å². The fraction of sp³-hybridized carbons (Fsp3) is 0.474. The van der Waals surface area contributed by atoms with E-state index in [1.165, 1.54) is 4.57 Å². The first-order valence-corrected chi connectivity index (χ1v) is 9.33. The third kappa shape index (κ3) is 4.06. The molecule has 0 spiro atoms. The van der Waals surface area contributed by atoms with E-state index in [-0.39, 0.29) is 35.5 Å². The van der Waals surface area contributed by atoms with Gasteiger partial charge in [-0.2, -0.15) is 10.2 Å². The molecule has 0 saturated heterocycles. The highest BCUT2D eigenvalue weighted by Gasteiger charge is 2.22. The number of nitrogens with zero attached hydrogens (tertiary/aromatic N) is 6. The van der Waals surface area contributed by atoms with Gasteiger partial charge >= 0.3 is 0 Å². The van der Waals surface area contributed by atoms with Gasteiger partial charge in [0.05, 0.1) is 6.20 Å². The summed E-state index contributed by atoms with van der Waals surface area (Å²) in [6.07, 6.45) is 0.778. The number of carbonyl (C=O) groups excluding carboxylic acids is 1. The maximum atomic E-state index is 13.5. The Hall–Kier alpha value is -3.04. The van der Waals surface area contributed by atoms with Gasteiger partial charge in [0.15, 0.2) is 5.65 Å². The number of halogens is 2. The topological polar surface area (TPSA) is 78.0 Å². The van der Waals surface area contributed by atoms with Gasteiger partial charge in [-0.15, -0.1) is 0 Å². The van der Waals surface area contributed by atoms with E-state index in [0.717, 1.165) is 11.6 Å². The molecular formula is C19H24F2N6O2. The Morgan fingerprint density at radius 3 is 2.66 bits per heavy atom. The van der Waals surface area contributed by atoms with Crippen LogP contribution in [0.4, 0.5) is 8.78 Å². The van der Waals surface area contributed by atoms with Crippen LogP contribution in [0.5, 0.6) is 0 Å². The summed E-state index contributed by atoms with van der Waals surface area (Å²) in [6, 6.07) is 0.950. The predicted molar refractivity (Wildman–Crippen MR) is 104 cm³/mol. The minimum absolute atomic E-state index is 0.0534. The molecule has 0 saturated carbocycles. The molecule has 3 heterocycles. The minimum Gasteiger partial charge on any atom is -0.341 e. The molecule has 0 aliphatic carbocycles. The van der Waals surface area contributed by atoms with E-state index in [0.29, 0.717) is 18.8 Å². The molecule has 0 N–H and O–H groups in total. The number of aromatic nitrogens is 5. The molecule has 0 aliphatic rings. The van der Waals surface area contributed by atoms with Crippen molar-refractivity contribution in [3.8, 4) is 0 Å². The molecule has 10 heteroatoms. The summed E-state index contributed by atoms with van der Waals surface area (Å²) in [6.45, 7) is 4.50. The average Bonchev–Trinajstić information content (AvgIpc) is 3.22. The Morgan fingerprint density at radius 2 is 2.07 bits per heavy atom. The lowest BCUT2D eigenvalue weighted by Crippen LogP contribution is -2.29. The maximum Gasteiger partial charge on any atom is 0.264 e. The lowest BCUT2D eigenvalue weighted by Gasteiger charge is -2.17. The molecule has 29 heavy (non-hydrogen) atoms. The van der Waals surface area contributed by atoms with Gasteiger partial charge in [0.25, 0.3) is 12.0 Å². The summed E-state index contributed by atoms with van der Waals surface area (Å²) in [5.41, 5.74) is 0.748. The van der Waals surface area contributed by atoms with Crippen molar-refractivity contribution in [3.05, 3.63) is 45.6 Å². The lowest BCUT2D eigenvalue weighted by atomic mass is 10.1. The Balaban J connectivity index is 1.86. The number of pyridine rings is 1. The summed E-state index contributed by atoms with van der Waals surface area (Å²) < 4.78 is 31.5. The molecule has 8 nitrogen and oxygen atoms in total. The van der Waals surface area contributed by atoms with E-state index >= 15 is 0 Å². The predicted octanol–water partition coefficient (Wildman–Crippen LogP) is 2.25. The zero-order chi connectivity index (χ0) is 21.3. The van der Waals surface area contributed by atoms with Crippen molar-refractivity contribution in [1.29, 1.82) is 0 Å². The monoisotopic (exact) mass is 406 g/mol. The number of hydrogen-bond acceptors (Lipinski definition) is 4. The van der Waals surface area contributed by atoms with Crippen molar-refractivity contribution >= 4 is 16.9 Å². The third-order valence-corrected chi connectivity index (χ3v) is 4.97. The first-order chi connectivity index (χ1) is 13.7. The van der Waals surface area contributed by atoms with Gasteiger partial charge in [-0.1, -0.05) is 0 Å². The molecule has 0 atom stereocenters. The number of aryl methyl sites for hydroxylation is 4. The van der Waals surface area contributed by atoms with Crippen LogP contribution in [0.3, 0.4) is 0 Å². The van der Waals surface area contributed by atoms with Crippen molar-refractivity contribution in [1.82, 2.24) is 29.0 Å². The zero-order valence-corrected chi connectivity index (χ0v) is 16.9. The molecule has 3 aromatic heterocycles. The highest BCUT2D eigenvalue weighted by atomic mass is 19.3. The highest BCUT2D eigenvalue weighted by Crippen LogP contribution is 2.28. The van der Waals surface area contributed by atoms with Crippen LogP contribution in [0.15, 0.2) is 23.3 Å². The van der Waals surface area contributed by atoms with E-state index in [9.17, 15) is 18.4 Å². The molecule has 0 aliphatic heterocycles. The van der Waals surface area contributed by atoms with Crippen LogP contribution in [0.25, 0.3) is 11.0 Å². The Morgan fingerprint density at radius 1 is 1.34 bits per heavy atom. The molecule has 1 amide bonds.